The van der Waals surface area contributed by atoms with E-state index in [1.807, 2.05) is 31.3 Å². The van der Waals surface area contributed by atoms with Gasteiger partial charge in [-0.1, -0.05) is 6.07 Å². The van der Waals surface area contributed by atoms with Gasteiger partial charge < -0.3 is 19.4 Å². The van der Waals surface area contributed by atoms with Gasteiger partial charge >= 0.3 is 6.09 Å². The molecular weight excluding hydrogens is 308 g/mol. The number of nitrogens with one attached hydrogen (secondary N) is 1. The highest BCUT2D eigenvalue weighted by molar-refractivity contribution is 5.93. The summed E-state index contributed by atoms with van der Waals surface area (Å²) >= 11 is 0. The van der Waals surface area contributed by atoms with Crippen LogP contribution in [0.3, 0.4) is 0 Å². The quantitative estimate of drug-likeness (QED) is 0.913. The lowest BCUT2D eigenvalue weighted by atomic mass is 10.2. The van der Waals surface area contributed by atoms with Gasteiger partial charge in [0, 0.05) is 26.2 Å². The van der Waals surface area contributed by atoms with E-state index < -0.39 is 6.09 Å². The maximum Gasteiger partial charge on any atom is 0.409 e. The number of aryl methyl sites for hydroxylation is 1. The first-order valence-corrected chi connectivity index (χ1v) is 7.58. The number of hydrogen-bond acceptors (Lipinski definition) is 4. The Labute approximate surface area is 140 Å². The van der Waals surface area contributed by atoms with Crippen molar-refractivity contribution in [1.82, 2.24) is 9.30 Å². The maximum atomic E-state index is 12.2. The Morgan fingerprint density at radius 1 is 1.42 bits per heavy atom. The highest BCUT2D eigenvalue weighted by Gasteiger charge is 2.17. The van der Waals surface area contributed by atoms with Crippen molar-refractivity contribution in [3.8, 4) is 6.07 Å². The smallest absolute Gasteiger partial charge is 0.409 e. The predicted molar refractivity (Wildman–Crippen MR) is 89.7 cm³/mol. The van der Waals surface area contributed by atoms with Crippen LogP contribution in [0, 0.1) is 18.3 Å². The van der Waals surface area contributed by atoms with E-state index in [0.29, 0.717) is 24.3 Å². The predicted octanol–water partition coefficient (Wildman–Crippen LogP) is 2.54. The van der Waals surface area contributed by atoms with Gasteiger partial charge in [-0.15, -0.1) is 0 Å². The van der Waals surface area contributed by atoms with Crippen LogP contribution in [-0.2, 0) is 9.53 Å². The van der Waals surface area contributed by atoms with Gasteiger partial charge in [0.1, 0.15) is 11.9 Å². The van der Waals surface area contributed by atoms with Crippen molar-refractivity contribution in [3.63, 3.8) is 0 Å². The number of aromatic nitrogens is 1. The lowest BCUT2D eigenvalue weighted by molar-refractivity contribution is -0.116. The van der Waals surface area contributed by atoms with Gasteiger partial charge in [0.2, 0.25) is 5.91 Å². The van der Waals surface area contributed by atoms with Crippen molar-refractivity contribution in [1.29, 1.82) is 5.26 Å². The van der Waals surface area contributed by atoms with Gasteiger partial charge in [-0.25, -0.2) is 4.79 Å². The Bertz CT molecular complexity index is 804. The molecule has 0 unspecified atom stereocenters. The van der Waals surface area contributed by atoms with E-state index in [-0.39, 0.29) is 12.3 Å². The number of rotatable bonds is 5. The number of anilines is 1. The molecule has 0 aliphatic heterocycles. The van der Waals surface area contributed by atoms with Gasteiger partial charge in [0.05, 0.1) is 18.2 Å². The summed E-state index contributed by atoms with van der Waals surface area (Å²) in [6.07, 6.45) is 2.12. The van der Waals surface area contributed by atoms with Gasteiger partial charge in [-0.2, -0.15) is 5.26 Å². The summed E-state index contributed by atoms with van der Waals surface area (Å²) in [6.45, 7) is 2.27. The number of ether oxygens (including phenoxy) is 1. The van der Waals surface area contributed by atoms with Crippen molar-refractivity contribution < 1.29 is 14.3 Å². The molecule has 0 spiro atoms. The minimum atomic E-state index is -0.435. The molecular formula is C17H20N4O3. The Morgan fingerprint density at radius 2 is 2.17 bits per heavy atom. The Balaban J connectivity index is 2.06. The molecule has 2 heterocycles. The molecule has 0 saturated heterocycles. The topological polar surface area (TPSA) is 86.8 Å². The van der Waals surface area contributed by atoms with Crippen molar-refractivity contribution >= 4 is 23.3 Å². The second-order valence-electron chi connectivity index (χ2n) is 5.46. The van der Waals surface area contributed by atoms with E-state index in [9.17, 15) is 14.9 Å². The number of amides is 2. The molecule has 7 nitrogen and oxygen atoms in total. The van der Waals surface area contributed by atoms with E-state index in [1.165, 1.54) is 12.0 Å². The summed E-state index contributed by atoms with van der Waals surface area (Å²) in [5.41, 5.74) is 2.18. The van der Waals surface area contributed by atoms with Crippen LogP contribution in [0.5, 0.6) is 0 Å². The summed E-state index contributed by atoms with van der Waals surface area (Å²) in [4.78, 5) is 24.9. The summed E-state index contributed by atoms with van der Waals surface area (Å²) in [5.74, 6) is 0.282. The lowest BCUT2D eigenvalue weighted by Gasteiger charge is -2.14. The largest absolute Gasteiger partial charge is 0.453 e. The van der Waals surface area contributed by atoms with Crippen LogP contribution in [0.2, 0.25) is 0 Å². The third-order valence-electron chi connectivity index (χ3n) is 3.85. The molecule has 0 aliphatic rings. The number of nitrogens with zero attached hydrogens (tertiary/aromatic N) is 3. The Morgan fingerprint density at radius 3 is 2.83 bits per heavy atom. The van der Waals surface area contributed by atoms with Gasteiger partial charge in [0.15, 0.2) is 0 Å². The molecule has 0 atom stereocenters. The average Bonchev–Trinajstić information content (AvgIpc) is 2.86. The monoisotopic (exact) mass is 328 g/mol. The molecule has 0 saturated carbocycles. The standard InChI is InChI=1S/C17H20N4O3/c1-12-13(11-18)16(21-10-5-4-7-14(12)21)19-15(22)8-6-9-20(2)17(23)24-3/h4-5,7,10H,6,8-9H2,1-3H3,(H,19,22). The molecule has 0 aliphatic carbocycles. The molecule has 2 aromatic rings. The van der Waals surface area contributed by atoms with E-state index >= 15 is 0 Å². The fourth-order valence-corrected chi connectivity index (χ4v) is 2.55. The molecule has 1 N–H and O–H groups in total. The van der Waals surface area contributed by atoms with Crippen molar-refractivity contribution in [2.75, 3.05) is 26.0 Å². The number of nitriles is 1. The van der Waals surface area contributed by atoms with Crippen LogP contribution in [0.4, 0.5) is 10.6 Å². The molecule has 0 aromatic carbocycles. The SMILES string of the molecule is COC(=O)N(C)CCCC(=O)Nc1c(C#N)c(C)c2ccccn12. The first-order chi connectivity index (χ1) is 11.5. The van der Waals surface area contributed by atoms with Crippen LogP contribution in [0.25, 0.3) is 5.52 Å². The molecule has 7 heteroatoms. The number of carbonyl (C=O) groups is 2. The van der Waals surface area contributed by atoms with Crippen molar-refractivity contribution in [3.05, 3.63) is 35.5 Å². The number of hydrogen-bond donors (Lipinski definition) is 1. The Kier molecular flexibility index (Phi) is 5.42. The van der Waals surface area contributed by atoms with Gasteiger partial charge in [-0.3, -0.25) is 4.79 Å². The molecule has 0 fully saturated rings. The fourth-order valence-electron chi connectivity index (χ4n) is 2.55. The lowest BCUT2D eigenvalue weighted by Crippen LogP contribution is -2.28. The summed E-state index contributed by atoms with van der Waals surface area (Å²) < 4.78 is 6.39. The Hall–Kier alpha value is -3.01. The molecule has 2 aromatic heterocycles. The normalized spacial score (nSPS) is 10.2. The number of carbonyl (C=O) groups excluding carboxylic acids is 2. The fraction of sp³-hybridized carbons (Fsp3) is 0.353. The zero-order chi connectivity index (χ0) is 17.7. The van der Waals surface area contributed by atoms with Crippen molar-refractivity contribution in [2.24, 2.45) is 0 Å². The van der Waals surface area contributed by atoms with Crippen LogP contribution in [0.1, 0.15) is 24.0 Å². The van der Waals surface area contributed by atoms with Crippen LogP contribution in [-0.4, -0.2) is 42.0 Å². The van der Waals surface area contributed by atoms with Gasteiger partial charge in [-0.05, 0) is 31.0 Å². The number of fused-ring (bicyclic) bond motifs is 1. The van der Waals surface area contributed by atoms with E-state index in [2.05, 4.69) is 16.1 Å². The van der Waals surface area contributed by atoms with Crippen LogP contribution < -0.4 is 5.32 Å². The number of methoxy groups -OCH3 is 1. The van der Waals surface area contributed by atoms with E-state index in [4.69, 9.17) is 0 Å². The molecule has 2 rings (SSSR count). The summed E-state index contributed by atoms with van der Waals surface area (Å²) in [7, 11) is 2.93. The highest BCUT2D eigenvalue weighted by atomic mass is 16.5. The molecule has 0 radical (unpaired) electrons. The second-order valence-corrected chi connectivity index (χ2v) is 5.46. The highest BCUT2D eigenvalue weighted by Crippen LogP contribution is 2.26. The summed E-state index contributed by atoms with van der Waals surface area (Å²) in [5, 5.41) is 12.2. The van der Waals surface area contributed by atoms with Crippen LogP contribution >= 0.6 is 0 Å². The third-order valence-corrected chi connectivity index (χ3v) is 3.85. The summed E-state index contributed by atoms with van der Waals surface area (Å²) in [6, 6.07) is 7.78. The zero-order valence-electron chi connectivity index (χ0n) is 14.0. The van der Waals surface area contributed by atoms with Gasteiger partial charge in [0.25, 0.3) is 0 Å². The molecule has 126 valence electrons. The molecule has 24 heavy (non-hydrogen) atoms. The minimum absolute atomic E-state index is 0.201. The maximum absolute atomic E-state index is 12.2. The average molecular weight is 328 g/mol. The first-order valence-electron chi connectivity index (χ1n) is 7.58. The molecule has 0 bridgehead atoms. The zero-order valence-corrected chi connectivity index (χ0v) is 14.0. The number of pyridine rings is 1. The van der Waals surface area contributed by atoms with Crippen molar-refractivity contribution in [2.45, 2.75) is 19.8 Å². The van der Waals surface area contributed by atoms with E-state index in [0.717, 1.165) is 11.1 Å². The third kappa shape index (κ3) is 3.49. The minimum Gasteiger partial charge on any atom is -0.453 e. The van der Waals surface area contributed by atoms with Crippen LogP contribution in [0.15, 0.2) is 24.4 Å². The van der Waals surface area contributed by atoms with E-state index in [1.54, 1.807) is 11.4 Å². The second kappa shape index (κ2) is 7.51. The first kappa shape index (κ1) is 17.3. The molecule has 2 amide bonds.